The Labute approximate surface area is 79.7 Å². The molecule has 0 spiro atoms. The fourth-order valence-corrected chi connectivity index (χ4v) is 0.944. The third kappa shape index (κ3) is 2.07. The molecule has 0 fully saturated rings. The average Bonchev–Trinajstić information content (AvgIpc) is 2.17. The number of halogens is 1. The van der Waals surface area contributed by atoms with Crippen molar-refractivity contribution in [2.75, 3.05) is 7.05 Å². The zero-order valence-electron chi connectivity index (χ0n) is 7.41. The molecular formula is C9H8FNO3. The van der Waals surface area contributed by atoms with Crippen LogP contribution < -0.4 is 10.1 Å². The van der Waals surface area contributed by atoms with Crippen LogP contribution in [-0.2, 0) is 4.79 Å². The van der Waals surface area contributed by atoms with Crippen molar-refractivity contribution in [1.29, 1.82) is 0 Å². The van der Waals surface area contributed by atoms with Gasteiger partial charge in [0.15, 0.2) is 0 Å². The Hall–Kier alpha value is -1.91. The van der Waals surface area contributed by atoms with E-state index in [4.69, 9.17) is 0 Å². The van der Waals surface area contributed by atoms with Gasteiger partial charge in [-0.25, -0.2) is 4.39 Å². The molecule has 14 heavy (non-hydrogen) atoms. The van der Waals surface area contributed by atoms with Crippen molar-refractivity contribution < 1.29 is 18.7 Å². The highest BCUT2D eigenvalue weighted by atomic mass is 19.1. The van der Waals surface area contributed by atoms with Gasteiger partial charge in [0.05, 0.1) is 5.56 Å². The van der Waals surface area contributed by atoms with Crippen molar-refractivity contribution in [2.45, 2.75) is 0 Å². The van der Waals surface area contributed by atoms with Gasteiger partial charge in [0, 0.05) is 13.1 Å². The summed E-state index contributed by atoms with van der Waals surface area (Å²) >= 11 is 0. The third-order valence-electron chi connectivity index (χ3n) is 1.60. The van der Waals surface area contributed by atoms with Gasteiger partial charge >= 0.3 is 0 Å². The molecule has 5 heteroatoms. The lowest BCUT2D eigenvalue weighted by Crippen LogP contribution is -2.19. The highest BCUT2D eigenvalue weighted by Gasteiger charge is 2.10. The molecule has 1 rings (SSSR count). The van der Waals surface area contributed by atoms with Crippen molar-refractivity contribution >= 4 is 12.4 Å². The molecule has 0 aliphatic rings. The SMILES string of the molecule is CNC(=O)c1ccc(OC=O)cc1F. The summed E-state index contributed by atoms with van der Waals surface area (Å²) < 4.78 is 17.6. The van der Waals surface area contributed by atoms with Gasteiger partial charge in [0.1, 0.15) is 11.6 Å². The van der Waals surface area contributed by atoms with Gasteiger partial charge in [0.25, 0.3) is 12.4 Å². The number of rotatable bonds is 3. The highest BCUT2D eigenvalue weighted by molar-refractivity contribution is 5.94. The topological polar surface area (TPSA) is 55.4 Å². The molecule has 1 aromatic rings. The van der Waals surface area contributed by atoms with Crippen LogP contribution in [0.1, 0.15) is 10.4 Å². The minimum absolute atomic E-state index is 0.0603. The number of ether oxygens (including phenoxy) is 1. The second-order valence-corrected chi connectivity index (χ2v) is 2.43. The molecule has 1 amide bonds. The van der Waals surface area contributed by atoms with Crippen LogP contribution in [0.5, 0.6) is 5.75 Å². The molecule has 4 nitrogen and oxygen atoms in total. The summed E-state index contributed by atoms with van der Waals surface area (Å²) in [6, 6.07) is 3.55. The second-order valence-electron chi connectivity index (χ2n) is 2.43. The van der Waals surface area contributed by atoms with Crippen LogP contribution in [0.15, 0.2) is 18.2 Å². The lowest BCUT2D eigenvalue weighted by atomic mass is 10.2. The van der Waals surface area contributed by atoms with Gasteiger partial charge in [-0.2, -0.15) is 0 Å². The van der Waals surface area contributed by atoms with E-state index in [2.05, 4.69) is 10.1 Å². The van der Waals surface area contributed by atoms with Crippen molar-refractivity contribution in [1.82, 2.24) is 5.32 Å². The summed E-state index contributed by atoms with van der Waals surface area (Å²) in [5, 5.41) is 2.28. The number of hydrogen-bond donors (Lipinski definition) is 1. The van der Waals surface area contributed by atoms with E-state index in [9.17, 15) is 14.0 Å². The monoisotopic (exact) mass is 197 g/mol. The largest absolute Gasteiger partial charge is 0.429 e. The molecule has 0 aliphatic carbocycles. The van der Waals surface area contributed by atoms with Crippen LogP contribution in [0.2, 0.25) is 0 Å². The molecule has 1 aromatic carbocycles. The smallest absolute Gasteiger partial charge is 0.298 e. The van der Waals surface area contributed by atoms with E-state index in [1.165, 1.54) is 19.2 Å². The number of amides is 1. The zero-order valence-corrected chi connectivity index (χ0v) is 7.41. The summed E-state index contributed by atoms with van der Waals surface area (Å²) in [5.41, 5.74) is -0.0919. The third-order valence-corrected chi connectivity index (χ3v) is 1.60. The first-order chi connectivity index (χ1) is 6.69. The van der Waals surface area contributed by atoms with E-state index in [-0.39, 0.29) is 17.8 Å². The van der Waals surface area contributed by atoms with Gasteiger partial charge in [0.2, 0.25) is 0 Å². The number of nitrogens with one attached hydrogen (secondary N) is 1. The average molecular weight is 197 g/mol. The molecule has 0 atom stereocenters. The Morgan fingerprint density at radius 3 is 2.79 bits per heavy atom. The predicted molar refractivity (Wildman–Crippen MR) is 46.5 cm³/mol. The molecular weight excluding hydrogens is 189 g/mol. The first kappa shape index (κ1) is 10.2. The number of carbonyl (C=O) groups excluding carboxylic acids is 2. The molecule has 0 heterocycles. The molecule has 0 saturated heterocycles. The molecule has 0 aromatic heterocycles. The second kappa shape index (κ2) is 4.36. The Bertz CT molecular complexity index is 365. The maximum absolute atomic E-state index is 13.2. The van der Waals surface area contributed by atoms with E-state index in [0.717, 1.165) is 6.07 Å². The lowest BCUT2D eigenvalue weighted by molar-refractivity contribution is -0.120. The lowest BCUT2D eigenvalue weighted by Gasteiger charge is -2.02. The molecule has 74 valence electrons. The highest BCUT2D eigenvalue weighted by Crippen LogP contribution is 2.15. The van der Waals surface area contributed by atoms with E-state index < -0.39 is 11.7 Å². The summed E-state index contributed by atoms with van der Waals surface area (Å²) in [6.07, 6.45) is 0. The van der Waals surface area contributed by atoms with E-state index in [1.807, 2.05) is 0 Å². The molecule has 0 radical (unpaired) electrons. The predicted octanol–water partition coefficient (Wildman–Crippen LogP) is 0.720. The quantitative estimate of drug-likeness (QED) is 0.726. The Morgan fingerprint density at radius 2 is 2.29 bits per heavy atom. The Morgan fingerprint density at radius 1 is 1.57 bits per heavy atom. The first-order valence-electron chi connectivity index (χ1n) is 3.81. The Kier molecular flexibility index (Phi) is 3.17. The van der Waals surface area contributed by atoms with E-state index >= 15 is 0 Å². The van der Waals surface area contributed by atoms with Crippen LogP contribution in [-0.4, -0.2) is 19.4 Å². The first-order valence-corrected chi connectivity index (χ1v) is 3.81. The normalized spacial score (nSPS) is 9.29. The number of benzene rings is 1. The maximum atomic E-state index is 13.2. The summed E-state index contributed by atoms with van der Waals surface area (Å²) in [6.45, 7) is 0.189. The molecule has 0 unspecified atom stereocenters. The zero-order chi connectivity index (χ0) is 10.6. The molecule has 0 bridgehead atoms. The van der Waals surface area contributed by atoms with Gasteiger partial charge in [-0.15, -0.1) is 0 Å². The van der Waals surface area contributed by atoms with Crippen molar-refractivity contribution in [3.63, 3.8) is 0 Å². The molecule has 0 saturated carbocycles. The fraction of sp³-hybridized carbons (Fsp3) is 0.111. The minimum atomic E-state index is -0.733. The van der Waals surface area contributed by atoms with Crippen LogP contribution in [0.3, 0.4) is 0 Å². The number of hydrogen-bond acceptors (Lipinski definition) is 3. The van der Waals surface area contributed by atoms with Crippen molar-refractivity contribution in [2.24, 2.45) is 0 Å². The summed E-state index contributed by atoms with van der Waals surface area (Å²) in [4.78, 5) is 21.0. The van der Waals surface area contributed by atoms with Crippen LogP contribution in [0.4, 0.5) is 4.39 Å². The molecule has 1 N–H and O–H groups in total. The van der Waals surface area contributed by atoms with E-state index in [1.54, 1.807) is 0 Å². The van der Waals surface area contributed by atoms with Gasteiger partial charge < -0.3 is 10.1 Å². The van der Waals surface area contributed by atoms with Crippen LogP contribution >= 0.6 is 0 Å². The van der Waals surface area contributed by atoms with Gasteiger partial charge in [-0.1, -0.05) is 0 Å². The summed E-state index contributed by atoms with van der Waals surface area (Å²) in [5.74, 6) is -1.20. The van der Waals surface area contributed by atoms with E-state index in [0.29, 0.717) is 0 Å². The number of carbonyl (C=O) groups is 2. The standard InChI is InChI=1S/C9H8FNO3/c1-11-9(13)7-3-2-6(14-5-12)4-8(7)10/h2-5H,1H3,(H,11,13). The molecule has 0 aliphatic heterocycles. The maximum Gasteiger partial charge on any atom is 0.298 e. The van der Waals surface area contributed by atoms with Gasteiger partial charge in [-0.3, -0.25) is 9.59 Å². The summed E-state index contributed by atoms with van der Waals surface area (Å²) in [7, 11) is 1.40. The minimum Gasteiger partial charge on any atom is -0.429 e. The van der Waals surface area contributed by atoms with Crippen molar-refractivity contribution in [3.05, 3.63) is 29.6 Å². The van der Waals surface area contributed by atoms with Crippen LogP contribution in [0, 0.1) is 5.82 Å². The van der Waals surface area contributed by atoms with Crippen LogP contribution in [0.25, 0.3) is 0 Å². The fourth-order valence-electron chi connectivity index (χ4n) is 0.944. The van der Waals surface area contributed by atoms with Crippen molar-refractivity contribution in [3.8, 4) is 5.75 Å². The Balaban J connectivity index is 3.00. The van der Waals surface area contributed by atoms with Gasteiger partial charge in [-0.05, 0) is 12.1 Å².